The van der Waals surface area contributed by atoms with Crippen molar-refractivity contribution in [2.75, 3.05) is 44.4 Å². The molecule has 0 radical (unpaired) electrons. The van der Waals surface area contributed by atoms with Crippen molar-refractivity contribution in [2.24, 2.45) is 0 Å². The van der Waals surface area contributed by atoms with Crippen molar-refractivity contribution in [3.05, 3.63) is 30.0 Å². The van der Waals surface area contributed by atoms with Gasteiger partial charge in [-0.3, -0.25) is 0 Å². The van der Waals surface area contributed by atoms with Gasteiger partial charge in [0.25, 0.3) is 0 Å². The third kappa shape index (κ3) is 5.02. The summed E-state index contributed by atoms with van der Waals surface area (Å²) >= 11 is 0. The number of β-amino-alcohol motifs (C(OH)–C–C–N with tert-alkyl or cyclic N) is 1. The van der Waals surface area contributed by atoms with Gasteiger partial charge in [0, 0.05) is 37.1 Å². The fourth-order valence-corrected chi connectivity index (χ4v) is 2.98. The van der Waals surface area contributed by atoms with E-state index in [1.165, 1.54) is 6.42 Å². The molecule has 8 nitrogen and oxygen atoms in total. The topological polar surface area (TPSA) is 91.8 Å². The van der Waals surface area contributed by atoms with Crippen molar-refractivity contribution in [1.29, 1.82) is 0 Å². The maximum absolute atomic E-state index is 10.4. The van der Waals surface area contributed by atoms with Crippen LogP contribution >= 0.6 is 0 Å². The Morgan fingerprint density at radius 1 is 1.21 bits per heavy atom. The third-order valence-corrected chi connectivity index (χ3v) is 4.78. The predicted octanol–water partition coefficient (Wildman–Crippen LogP) is 2.41. The monoisotopic (exact) mass is 387 g/mol. The fraction of sp³-hybridized carbons (Fsp3) is 0.500. The van der Waals surface area contributed by atoms with Crippen molar-refractivity contribution in [3.8, 4) is 11.5 Å². The first kappa shape index (κ1) is 20.2. The van der Waals surface area contributed by atoms with Crippen LogP contribution in [0, 0.1) is 6.92 Å². The van der Waals surface area contributed by atoms with Gasteiger partial charge in [-0.25, -0.2) is 4.98 Å². The summed E-state index contributed by atoms with van der Waals surface area (Å²) in [6.45, 7) is 6.48. The summed E-state index contributed by atoms with van der Waals surface area (Å²) in [5, 5.41) is 16.6. The molecule has 1 aromatic carbocycles. The molecule has 0 amide bonds. The minimum atomic E-state index is -0.570. The Bertz CT molecular complexity index is 797. The van der Waals surface area contributed by atoms with Gasteiger partial charge in [0.15, 0.2) is 11.5 Å². The van der Waals surface area contributed by atoms with E-state index in [1.807, 2.05) is 45.2 Å². The Hall–Kier alpha value is -2.58. The van der Waals surface area contributed by atoms with Crippen molar-refractivity contribution in [2.45, 2.75) is 32.5 Å². The van der Waals surface area contributed by atoms with Gasteiger partial charge in [-0.15, -0.1) is 0 Å². The highest BCUT2D eigenvalue weighted by atomic mass is 16.5. The van der Waals surface area contributed by atoms with Gasteiger partial charge in [0.2, 0.25) is 5.95 Å². The molecule has 3 N–H and O–H groups in total. The van der Waals surface area contributed by atoms with Crippen molar-refractivity contribution in [3.63, 3.8) is 0 Å². The third-order valence-electron chi connectivity index (χ3n) is 4.78. The molecule has 2 atom stereocenters. The molecule has 0 saturated carbocycles. The summed E-state index contributed by atoms with van der Waals surface area (Å²) in [6.07, 6.45) is 0.260. The number of nitrogens with zero attached hydrogens (tertiary/aromatic N) is 3. The normalized spacial score (nSPS) is 16.0. The molecule has 0 aliphatic carbocycles. The number of hydrogen-bond donors (Lipinski definition) is 3. The van der Waals surface area contributed by atoms with Gasteiger partial charge in [0.1, 0.15) is 18.0 Å². The van der Waals surface area contributed by atoms with E-state index in [9.17, 15) is 5.11 Å². The molecule has 152 valence electrons. The van der Waals surface area contributed by atoms with Crippen LogP contribution in [0.1, 0.15) is 19.0 Å². The summed E-state index contributed by atoms with van der Waals surface area (Å²) in [5.74, 6) is 2.40. The van der Waals surface area contributed by atoms with E-state index < -0.39 is 6.10 Å². The van der Waals surface area contributed by atoms with Gasteiger partial charge in [-0.2, -0.15) is 4.98 Å². The van der Waals surface area contributed by atoms with E-state index >= 15 is 0 Å². The summed E-state index contributed by atoms with van der Waals surface area (Å²) in [5.41, 5.74) is 1.63. The van der Waals surface area contributed by atoms with Gasteiger partial charge in [0.05, 0.1) is 7.11 Å². The number of aliphatic hydroxyl groups is 1. The number of aromatic nitrogens is 2. The predicted molar refractivity (Wildman–Crippen MR) is 110 cm³/mol. The number of aliphatic hydroxyl groups excluding tert-OH is 1. The van der Waals surface area contributed by atoms with Crippen LogP contribution in [0.5, 0.6) is 11.5 Å². The smallest absolute Gasteiger partial charge is 0.229 e. The minimum Gasteiger partial charge on any atom is -0.493 e. The quantitative estimate of drug-likeness (QED) is 0.604. The lowest BCUT2D eigenvalue weighted by atomic mass is 10.1. The highest BCUT2D eigenvalue weighted by molar-refractivity contribution is 5.60. The standard InChI is InChI=1S/C20H29N5O3/c1-13-10-19(21-3)24-20(22-13)23-15-6-7-17(27-4)18(11-15)28-14(2)16(26)12-25-8-5-9-25/h6-7,10-11,14,16,26H,5,8-9,12H2,1-4H3,(H2,21,22,23,24)/t14-,16-/m1/s1. The van der Waals surface area contributed by atoms with Crippen LogP contribution in [-0.2, 0) is 0 Å². The second-order valence-electron chi connectivity index (χ2n) is 7.00. The number of aryl methyl sites for hydroxylation is 1. The van der Waals surface area contributed by atoms with E-state index in [1.54, 1.807) is 7.11 Å². The molecule has 3 rings (SSSR count). The van der Waals surface area contributed by atoms with Crippen LogP contribution in [0.15, 0.2) is 24.3 Å². The number of rotatable bonds is 9. The summed E-state index contributed by atoms with van der Waals surface area (Å²) < 4.78 is 11.4. The van der Waals surface area contributed by atoms with E-state index in [0.717, 1.165) is 30.3 Å². The molecular weight excluding hydrogens is 358 g/mol. The highest BCUT2D eigenvalue weighted by Gasteiger charge is 2.23. The number of methoxy groups -OCH3 is 1. The van der Waals surface area contributed by atoms with Gasteiger partial charge >= 0.3 is 0 Å². The molecular formula is C20H29N5O3. The zero-order chi connectivity index (χ0) is 20.1. The summed E-state index contributed by atoms with van der Waals surface area (Å²) in [6, 6.07) is 7.39. The van der Waals surface area contributed by atoms with Crippen LogP contribution in [0.3, 0.4) is 0 Å². The SMILES string of the molecule is CNc1cc(C)nc(Nc2ccc(OC)c(O[C@H](C)[C@H](O)CN3CCC3)c2)n1. The fourth-order valence-electron chi connectivity index (χ4n) is 2.98. The van der Waals surface area contributed by atoms with E-state index in [4.69, 9.17) is 9.47 Å². The van der Waals surface area contributed by atoms with Gasteiger partial charge < -0.3 is 30.1 Å². The van der Waals surface area contributed by atoms with Crippen molar-refractivity contribution in [1.82, 2.24) is 14.9 Å². The Kier molecular flexibility index (Phi) is 6.53. The number of anilines is 3. The molecule has 1 aliphatic heterocycles. The number of benzene rings is 1. The number of hydrogen-bond acceptors (Lipinski definition) is 8. The van der Waals surface area contributed by atoms with Gasteiger partial charge in [-0.05, 0) is 45.5 Å². The van der Waals surface area contributed by atoms with Crippen LogP contribution in [0.2, 0.25) is 0 Å². The lowest BCUT2D eigenvalue weighted by Crippen LogP contribution is -2.46. The van der Waals surface area contributed by atoms with Gasteiger partial charge in [-0.1, -0.05) is 0 Å². The molecule has 2 aromatic rings. The first-order valence-corrected chi connectivity index (χ1v) is 9.54. The lowest BCUT2D eigenvalue weighted by Gasteiger charge is -2.34. The first-order valence-electron chi connectivity index (χ1n) is 9.54. The molecule has 0 bridgehead atoms. The second-order valence-corrected chi connectivity index (χ2v) is 7.00. The average molecular weight is 387 g/mol. The largest absolute Gasteiger partial charge is 0.493 e. The Balaban J connectivity index is 1.73. The first-order chi connectivity index (χ1) is 13.5. The molecule has 1 aromatic heterocycles. The number of ether oxygens (including phenoxy) is 2. The molecule has 1 fully saturated rings. The number of likely N-dealkylation sites (tertiary alicyclic amines) is 1. The van der Waals surface area contributed by atoms with E-state index in [2.05, 4.69) is 25.5 Å². The molecule has 28 heavy (non-hydrogen) atoms. The van der Waals surface area contributed by atoms with Crippen molar-refractivity contribution >= 4 is 17.5 Å². The lowest BCUT2D eigenvalue weighted by molar-refractivity contribution is 0.00599. The van der Waals surface area contributed by atoms with E-state index in [0.29, 0.717) is 24.0 Å². The summed E-state index contributed by atoms with van der Waals surface area (Å²) in [4.78, 5) is 11.0. The minimum absolute atomic E-state index is 0.365. The Labute approximate surface area is 165 Å². The molecule has 8 heteroatoms. The Morgan fingerprint density at radius 2 is 2.00 bits per heavy atom. The average Bonchev–Trinajstić information content (AvgIpc) is 2.64. The van der Waals surface area contributed by atoms with Crippen LogP contribution in [-0.4, -0.2) is 66.0 Å². The molecule has 1 aliphatic rings. The van der Waals surface area contributed by atoms with Crippen LogP contribution < -0.4 is 20.1 Å². The number of nitrogens with one attached hydrogen (secondary N) is 2. The molecule has 0 spiro atoms. The van der Waals surface area contributed by atoms with E-state index in [-0.39, 0.29) is 6.10 Å². The zero-order valence-electron chi connectivity index (χ0n) is 16.9. The Morgan fingerprint density at radius 3 is 2.64 bits per heavy atom. The maximum Gasteiger partial charge on any atom is 0.229 e. The molecule has 2 heterocycles. The summed E-state index contributed by atoms with van der Waals surface area (Å²) in [7, 11) is 3.41. The van der Waals surface area contributed by atoms with Crippen LogP contribution in [0.4, 0.5) is 17.5 Å². The molecule has 0 unspecified atom stereocenters. The van der Waals surface area contributed by atoms with Crippen LogP contribution in [0.25, 0.3) is 0 Å². The van der Waals surface area contributed by atoms with Crippen molar-refractivity contribution < 1.29 is 14.6 Å². The second kappa shape index (κ2) is 9.07. The zero-order valence-corrected chi connectivity index (χ0v) is 16.9. The molecule has 1 saturated heterocycles. The highest BCUT2D eigenvalue weighted by Crippen LogP contribution is 2.32. The maximum atomic E-state index is 10.4.